The molecule has 0 radical (unpaired) electrons. The highest BCUT2D eigenvalue weighted by Gasteiger charge is 2.40. The zero-order valence-electron chi connectivity index (χ0n) is 16.4. The average Bonchev–Trinajstić information content (AvgIpc) is 2.44. The number of amides is 1. The van der Waals surface area contributed by atoms with Gasteiger partial charge in [-0.25, -0.2) is 4.98 Å². The highest BCUT2D eigenvalue weighted by Crippen LogP contribution is 2.37. The van der Waals surface area contributed by atoms with E-state index in [1.54, 1.807) is 6.20 Å². The smallest absolute Gasteiger partial charge is 0.253 e. The van der Waals surface area contributed by atoms with Crippen LogP contribution in [0, 0.1) is 6.92 Å². The molecule has 6 heteroatoms. The van der Waals surface area contributed by atoms with Gasteiger partial charge >= 0.3 is 0 Å². The van der Waals surface area contributed by atoms with Crippen molar-refractivity contribution in [1.29, 1.82) is 0 Å². The summed E-state index contributed by atoms with van der Waals surface area (Å²) in [6.45, 7) is 13.7. The Morgan fingerprint density at radius 3 is 2.42 bits per heavy atom. The van der Waals surface area contributed by atoms with Crippen molar-refractivity contribution in [2.24, 2.45) is 0 Å². The minimum Gasteiger partial charge on any atom is -0.405 e. The fourth-order valence-corrected chi connectivity index (χ4v) is 3.19. The maximum absolute atomic E-state index is 12.7. The van der Waals surface area contributed by atoms with Gasteiger partial charge in [-0.3, -0.25) is 4.79 Å². The van der Waals surface area contributed by atoms with E-state index in [1.807, 2.05) is 33.2 Å². The van der Waals surface area contributed by atoms with Crippen LogP contribution >= 0.6 is 0 Å². The van der Waals surface area contributed by atoms with Crippen molar-refractivity contribution in [2.75, 3.05) is 26.0 Å². The zero-order valence-corrected chi connectivity index (χ0v) is 17.4. The van der Waals surface area contributed by atoms with E-state index in [1.165, 1.54) is 0 Å². The molecule has 0 saturated heterocycles. The second kappa shape index (κ2) is 8.23. The Bertz CT molecular complexity index is 536. The van der Waals surface area contributed by atoms with Crippen molar-refractivity contribution in [2.45, 2.75) is 58.4 Å². The van der Waals surface area contributed by atoms with Gasteiger partial charge in [0.25, 0.3) is 5.91 Å². The van der Waals surface area contributed by atoms with Crippen molar-refractivity contribution in [3.05, 3.63) is 23.9 Å². The van der Waals surface area contributed by atoms with Gasteiger partial charge in [-0.2, -0.15) is 0 Å². The van der Waals surface area contributed by atoms with Gasteiger partial charge in [0.1, 0.15) is 11.9 Å². The highest BCUT2D eigenvalue weighted by atomic mass is 28.4. The Morgan fingerprint density at radius 1 is 1.33 bits per heavy atom. The molecule has 1 N–H and O–H groups in total. The number of hydrogen-bond donors (Lipinski definition) is 1. The summed E-state index contributed by atoms with van der Waals surface area (Å²) >= 11 is 0. The molecule has 24 heavy (non-hydrogen) atoms. The van der Waals surface area contributed by atoms with Crippen molar-refractivity contribution in [3.63, 3.8) is 0 Å². The molecule has 1 rings (SSSR count). The predicted octanol–water partition coefficient (Wildman–Crippen LogP) is 3.67. The molecule has 0 spiro atoms. The van der Waals surface area contributed by atoms with Crippen LogP contribution in [0.1, 0.15) is 32.8 Å². The predicted molar refractivity (Wildman–Crippen MR) is 103 cm³/mol. The first-order chi connectivity index (χ1) is 10.9. The Labute approximate surface area is 147 Å². The molecular formula is C18H33N3O2Si. The fourth-order valence-electron chi connectivity index (χ4n) is 1.90. The topological polar surface area (TPSA) is 54.5 Å². The third-order valence-corrected chi connectivity index (χ3v) is 9.02. The third-order valence-electron chi connectivity index (χ3n) is 4.54. The van der Waals surface area contributed by atoms with Crippen LogP contribution in [0.2, 0.25) is 18.1 Å². The lowest BCUT2D eigenvalue weighted by atomic mass is 10.2. The molecule has 1 aromatic rings. The van der Waals surface area contributed by atoms with Crippen molar-refractivity contribution >= 4 is 20.0 Å². The lowest BCUT2D eigenvalue weighted by molar-refractivity contribution is -0.123. The second-order valence-corrected chi connectivity index (χ2v) is 12.9. The van der Waals surface area contributed by atoms with E-state index >= 15 is 0 Å². The summed E-state index contributed by atoms with van der Waals surface area (Å²) < 4.78 is 6.38. The minimum atomic E-state index is -2.03. The van der Waals surface area contributed by atoms with Crippen LogP contribution in [0.3, 0.4) is 0 Å². The number of aryl methyl sites for hydroxylation is 1. The van der Waals surface area contributed by atoms with E-state index in [0.29, 0.717) is 12.2 Å². The van der Waals surface area contributed by atoms with Crippen LogP contribution < -0.4 is 5.32 Å². The van der Waals surface area contributed by atoms with Crippen molar-refractivity contribution < 1.29 is 9.22 Å². The summed E-state index contributed by atoms with van der Waals surface area (Å²) in [5.74, 6) is 0.456. The summed E-state index contributed by atoms with van der Waals surface area (Å²) in [4.78, 5) is 19.1. The Morgan fingerprint density at radius 2 is 1.96 bits per heavy atom. The van der Waals surface area contributed by atoms with Gasteiger partial charge < -0.3 is 14.6 Å². The largest absolute Gasteiger partial charge is 0.405 e. The van der Waals surface area contributed by atoms with E-state index in [9.17, 15) is 4.79 Å². The van der Waals surface area contributed by atoms with Gasteiger partial charge in [0, 0.05) is 12.7 Å². The van der Waals surface area contributed by atoms with Crippen molar-refractivity contribution in [3.8, 4) is 0 Å². The van der Waals surface area contributed by atoms with Crippen LogP contribution in [0.5, 0.6) is 0 Å². The molecule has 1 amide bonds. The first-order valence-electron chi connectivity index (χ1n) is 8.48. The third kappa shape index (κ3) is 6.34. The van der Waals surface area contributed by atoms with Crippen LogP contribution in [-0.4, -0.2) is 50.9 Å². The number of carbonyl (C=O) groups excluding carboxylic acids is 1. The monoisotopic (exact) mass is 351 g/mol. The number of rotatable bonds is 7. The molecule has 0 bridgehead atoms. The quantitative estimate of drug-likeness (QED) is 0.762. The SMILES string of the molecule is Cc1ccc(NC(=O)[C@@H](CCN(C)C)O[Si](C)(C)C(C)(C)C)nc1. The van der Waals surface area contributed by atoms with E-state index in [-0.39, 0.29) is 10.9 Å². The molecule has 1 atom stereocenters. The first-order valence-corrected chi connectivity index (χ1v) is 11.4. The molecule has 1 aromatic heterocycles. The maximum atomic E-state index is 12.7. The average molecular weight is 352 g/mol. The summed E-state index contributed by atoms with van der Waals surface area (Å²) in [7, 11) is 1.98. The number of hydrogen-bond acceptors (Lipinski definition) is 4. The minimum absolute atomic E-state index is 0.0613. The Balaban J connectivity index is 2.87. The molecule has 0 aromatic carbocycles. The summed E-state index contributed by atoms with van der Waals surface area (Å²) in [5, 5.41) is 2.96. The number of carbonyl (C=O) groups is 1. The number of aromatic nitrogens is 1. The molecule has 0 unspecified atom stereocenters. The standard InChI is InChI=1S/C18H33N3O2Si/c1-14-9-10-16(19-13-14)20-17(22)15(11-12-21(5)6)23-24(7,8)18(2,3)4/h9-10,13,15H,11-12H2,1-8H3,(H,19,20,22)/t15-/m1/s1. The maximum Gasteiger partial charge on any atom is 0.253 e. The highest BCUT2D eigenvalue weighted by molar-refractivity contribution is 6.74. The van der Waals surface area contributed by atoms with E-state index in [4.69, 9.17) is 4.43 Å². The van der Waals surface area contributed by atoms with Gasteiger partial charge in [0.05, 0.1) is 0 Å². The molecular weight excluding hydrogens is 318 g/mol. The van der Waals surface area contributed by atoms with Crippen LogP contribution in [0.4, 0.5) is 5.82 Å². The number of nitrogens with zero attached hydrogens (tertiary/aromatic N) is 2. The number of nitrogens with one attached hydrogen (secondary N) is 1. The molecule has 5 nitrogen and oxygen atoms in total. The lowest BCUT2D eigenvalue weighted by Gasteiger charge is -2.39. The first kappa shape index (κ1) is 20.8. The zero-order chi connectivity index (χ0) is 18.5. The Hall–Kier alpha value is -1.24. The van der Waals surface area contributed by atoms with Crippen LogP contribution in [0.15, 0.2) is 18.3 Å². The molecule has 136 valence electrons. The van der Waals surface area contributed by atoms with E-state index in [2.05, 4.69) is 49.1 Å². The van der Waals surface area contributed by atoms with Crippen LogP contribution in [0.25, 0.3) is 0 Å². The lowest BCUT2D eigenvalue weighted by Crippen LogP contribution is -2.48. The van der Waals surface area contributed by atoms with E-state index < -0.39 is 14.4 Å². The number of pyridine rings is 1. The van der Waals surface area contributed by atoms with Gasteiger partial charge in [0.15, 0.2) is 8.32 Å². The molecule has 0 saturated carbocycles. The molecule has 0 fully saturated rings. The van der Waals surface area contributed by atoms with E-state index in [0.717, 1.165) is 12.1 Å². The molecule has 0 aliphatic carbocycles. The molecule has 0 aliphatic rings. The van der Waals surface area contributed by atoms with Gasteiger partial charge in [-0.1, -0.05) is 26.8 Å². The molecule has 1 heterocycles. The summed E-state index contributed by atoms with van der Waals surface area (Å²) in [6.07, 6.45) is 1.95. The van der Waals surface area contributed by atoms with Gasteiger partial charge in [-0.05, 0) is 57.2 Å². The van der Waals surface area contributed by atoms with Crippen LogP contribution in [-0.2, 0) is 9.22 Å². The number of anilines is 1. The van der Waals surface area contributed by atoms with Crippen molar-refractivity contribution in [1.82, 2.24) is 9.88 Å². The molecule has 0 aliphatic heterocycles. The second-order valence-electron chi connectivity index (χ2n) is 8.17. The summed E-state index contributed by atoms with van der Waals surface area (Å²) in [5.41, 5.74) is 1.06. The summed E-state index contributed by atoms with van der Waals surface area (Å²) in [6, 6.07) is 3.76. The normalized spacial score (nSPS) is 13.9. The van der Waals surface area contributed by atoms with Gasteiger partial charge in [0.2, 0.25) is 0 Å². The fraction of sp³-hybridized carbons (Fsp3) is 0.667. The Kier molecular flexibility index (Phi) is 7.13. The van der Waals surface area contributed by atoms with Gasteiger partial charge in [-0.15, -0.1) is 0 Å².